The number of benzene rings is 2. The SMILES string of the molecule is COc1cc(C(C)NS(=O)(=O)c2ccc(N)cc2)ccc1F. The van der Waals surface area contributed by atoms with Crippen LogP contribution in [0.2, 0.25) is 0 Å². The molecular formula is C15H17FN2O3S. The lowest BCUT2D eigenvalue weighted by molar-refractivity contribution is 0.385. The number of hydrogen-bond donors (Lipinski definition) is 2. The standard InChI is InChI=1S/C15H17FN2O3S/c1-10(11-3-8-14(16)15(9-11)21-2)18-22(19,20)13-6-4-12(17)5-7-13/h3-10,18H,17H2,1-2H3. The zero-order valence-corrected chi connectivity index (χ0v) is 13.0. The number of rotatable bonds is 5. The lowest BCUT2D eigenvalue weighted by Crippen LogP contribution is -2.27. The maximum Gasteiger partial charge on any atom is 0.241 e. The Balaban J connectivity index is 2.24. The van der Waals surface area contributed by atoms with E-state index in [1.807, 2.05) is 0 Å². The number of anilines is 1. The van der Waals surface area contributed by atoms with Gasteiger partial charge in [-0.25, -0.2) is 17.5 Å². The van der Waals surface area contributed by atoms with Gasteiger partial charge in [0.1, 0.15) is 0 Å². The first-order chi connectivity index (χ1) is 10.3. The van der Waals surface area contributed by atoms with E-state index in [9.17, 15) is 12.8 Å². The van der Waals surface area contributed by atoms with E-state index in [2.05, 4.69) is 4.72 Å². The number of sulfonamides is 1. The molecule has 22 heavy (non-hydrogen) atoms. The minimum Gasteiger partial charge on any atom is -0.494 e. The molecular weight excluding hydrogens is 307 g/mol. The Labute approximate surface area is 129 Å². The van der Waals surface area contributed by atoms with Crippen LogP contribution in [-0.4, -0.2) is 15.5 Å². The minimum atomic E-state index is -3.69. The van der Waals surface area contributed by atoms with E-state index < -0.39 is 21.9 Å². The van der Waals surface area contributed by atoms with Crippen LogP contribution in [0, 0.1) is 5.82 Å². The van der Waals surface area contributed by atoms with Crippen LogP contribution in [-0.2, 0) is 10.0 Å². The minimum absolute atomic E-state index is 0.0658. The molecule has 2 aromatic carbocycles. The predicted octanol–water partition coefficient (Wildman–Crippen LogP) is 2.46. The van der Waals surface area contributed by atoms with Crippen molar-refractivity contribution in [3.05, 3.63) is 53.8 Å². The van der Waals surface area contributed by atoms with Crippen LogP contribution >= 0.6 is 0 Å². The molecule has 2 aromatic rings. The largest absolute Gasteiger partial charge is 0.494 e. The second-order valence-corrected chi connectivity index (χ2v) is 6.52. The fourth-order valence-corrected chi connectivity index (χ4v) is 3.19. The molecule has 0 spiro atoms. The first kappa shape index (κ1) is 16.3. The van der Waals surface area contributed by atoms with Crippen molar-refractivity contribution >= 4 is 15.7 Å². The number of hydrogen-bond acceptors (Lipinski definition) is 4. The highest BCUT2D eigenvalue weighted by Crippen LogP contribution is 2.24. The predicted molar refractivity (Wildman–Crippen MR) is 82.5 cm³/mol. The Kier molecular flexibility index (Phi) is 4.68. The number of nitrogen functional groups attached to an aromatic ring is 1. The molecule has 0 fully saturated rings. The molecule has 0 aliphatic carbocycles. The molecule has 0 aromatic heterocycles. The van der Waals surface area contributed by atoms with Crippen LogP contribution in [0.5, 0.6) is 5.75 Å². The molecule has 1 atom stereocenters. The van der Waals surface area contributed by atoms with Crippen molar-refractivity contribution in [1.82, 2.24) is 4.72 Å². The Morgan fingerprint density at radius 2 is 1.82 bits per heavy atom. The second-order valence-electron chi connectivity index (χ2n) is 4.81. The van der Waals surface area contributed by atoms with Crippen molar-refractivity contribution in [2.24, 2.45) is 0 Å². The maximum atomic E-state index is 13.4. The molecule has 5 nitrogen and oxygen atoms in total. The summed E-state index contributed by atoms with van der Waals surface area (Å²) in [7, 11) is -2.34. The Morgan fingerprint density at radius 1 is 1.18 bits per heavy atom. The van der Waals surface area contributed by atoms with Gasteiger partial charge in [0.15, 0.2) is 11.6 Å². The van der Waals surface area contributed by atoms with Crippen LogP contribution in [0.4, 0.5) is 10.1 Å². The molecule has 0 aliphatic rings. The van der Waals surface area contributed by atoms with Gasteiger partial charge >= 0.3 is 0 Å². The third kappa shape index (κ3) is 3.55. The van der Waals surface area contributed by atoms with Crippen LogP contribution < -0.4 is 15.2 Å². The van der Waals surface area contributed by atoms with Crippen molar-refractivity contribution in [3.8, 4) is 5.75 Å². The highest BCUT2D eigenvalue weighted by atomic mass is 32.2. The maximum absolute atomic E-state index is 13.4. The summed E-state index contributed by atoms with van der Waals surface area (Å²) in [5.74, 6) is -0.434. The van der Waals surface area contributed by atoms with Crippen LogP contribution in [0.25, 0.3) is 0 Å². The molecule has 3 N–H and O–H groups in total. The van der Waals surface area contributed by atoms with Gasteiger partial charge in [0.2, 0.25) is 10.0 Å². The highest BCUT2D eigenvalue weighted by molar-refractivity contribution is 7.89. The average Bonchev–Trinajstić information content (AvgIpc) is 2.47. The molecule has 2 rings (SSSR count). The summed E-state index contributed by atoms with van der Waals surface area (Å²) in [5.41, 5.74) is 6.62. The van der Waals surface area contributed by atoms with Gasteiger partial charge in [-0.1, -0.05) is 6.07 Å². The summed E-state index contributed by atoms with van der Waals surface area (Å²) < 4.78 is 45.4. The van der Waals surface area contributed by atoms with Gasteiger partial charge in [-0.3, -0.25) is 0 Å². The summed E-state index contributed by atoms with van der Waals surface area (Å²) in [5, 5.41) is 0. The smallest absolute Gasteiger partial charge is 0.241 e. The molecule has 0 amide bonds. The third-order valence-corrected chi connectivity index (χ3v) is 4.75. The van der Waals surface area contributed by atoms with Gasteiger partial charge < -0.3 is 10.5 Å². The third-order valence-electron chi connectivity index (χ3n) is 3.20. The summed E-state index contributed by atoms with van der Waals surface area (Å²) in [6.07, 6.45) is 0. The van der Waals surface area contributed by atoms with Gasteiger partial charge in [0.25, 0.3) is 0 Å². The van der Waals surface area contributed by atoms with E-state index in [-0.39, 0.29) is 10.6 Å². The van der Waals surface area contributed by atoms with E-state index in [1.54, 1.807) is 6.92 Å². The van der Waals surface area contributed by atoms with E-state index >= 15 is 0 Å². The molecule has 1 unspecified atom stereocenters. The number of methoxy groups -OCH3 is 1. The van der Waals surface area contributed by atoms with Crippen molar-refractivity contribution < 1.29 is 17.5 Å². The Hall–Kier alpha value is -2.12. The first-order valence-corrected chi connectivity index (χ1v) is 8.03. The molecule has 0 saturated carbocycles. The van der Waals surface area contributed by atoms with Crippen LogP contribution in [0.15, 0.2) is 47.4 Å². The lowest BCUT2D eigenvalue weighted by Gasteiger charge is -2.16. The lowest BCUT2D eigenvalue weighted by atomic mass is 10.1. The molecule has 0 heterocycles. The molecule has 7 heteroatoms. The molecule has 0 bridgehead atoms. The highest BCUT2D eigenvalue weighted by Gasteiger charge is 2.19. The quantitative estimate of drug-likeness (QED) is 0.828. The molecule has 0 aliphatic heterocycles. The fourth-order valence-electron chi connectivity index (χ4n) is 1.96. The van der Waals surface area contributed by atoms with Gasteiger partial charge in [-0.2, -0.15) is 0 Å². The Morgan fingerprint density at radius 3 is 2.41 bits per heavy atom. The second kappa shape index (κ2) is 6.33. The zero-order chi connectivity index (χ0) is 16.3. The topological polar surface area (TPSA) is 81.4 Å². The summed E-state index contributed by atoms with van der Waals surface area (Å²) in [6.45, 7) is 1.67. The van der Waals surface area contributed by atoms with Crippen LogP contribution in [0.3, 0.4) is 0 Å². The number of nitrogens with one attached hydrogen (secondary N) is 1. The van der Waals surface area contributed by atoms with Gasteiger partial charge in [-0.05, 0) is 48.9 Å². The van der Waals surface area contributed by atoms with Gasteiger partial charge in [0, 0.05) is 11.7 Å². The monoisotopic (exact) mass is 324 g/mol. The van der Waals surface area contributed by atoms with Crippen molar-refractivity contribution in [1.29, 1.82) is 0 Å². The van der Waals surface area contributed by atoms with E-state index in [0.29, 0.717) is 11.3 Å². The number of nitrogens with two attached hydrogens (primary N) is 1. The normalized spacial score (nSPS) is 12.9. The Bertz CT molecular complexity index is 761. The van der Waals surface area contributed by atoms with Crippen molar-refractivity contribution in [2.45, 2.75) is 17.9 Å². The average molecular weight is 324 g/mol. The number of halogens is 1. The van der Waals surface area contributed by atoms with Crippen molar-refractivity contribution in [3.63, 3.8) is 0 Å². The van der Waals surface area contributed by atoms with E-state index in [4.69, 9.17) is 10.5 Å². The molecule has 118 valence electrons. The van der Waals surface area contributed by atoms with E-state index in [0.717, 1.165) is 0 Å². The summed E-state index contributed by atoms with van der Waals surface area (Å²) >= 11 is 0. The molecule has 0 saturated heterocycles. The fraction of sp³-hybridized carbons (Fsp3) is 0.200. The number of ether oxygens (including phenoxy) is 1. The van der Waals surface area contributed by atoms with Gasteiger partial charge in [-0.15, -0.1) is 0 Å². The molecule has 0 radical (unpaired) electrons. The zero-order valence-electron chi connectivity index (χ0n) is 12.2. The van der Waals surface area contributed by atoms with Crippen molar-refractivity contribution in [2.75, 3.05) is 12.8 Å². The first-order valence-electron chi connectivity index (χ1n) is 6.55. The van der Waals surface area contributed by atoms with Gasteiger partial charge in [0.05, 0.1) is 12.0 Å². The van der Waals surface area contributed by atoms with Crippen LogP contribution in [0.1, 0.15) is 18.5 Å². The van der Waals surface area contributed by atoms with E-state index in [1.165, 1.54) is 49.6 Å². The summed E-state index contributed by atoms with van der Waals surface area (Å²) in [6, 6.07) is 9.55. The summed E-state index contributed by atoms with van der Waals surface area (Å²) in [4.78, 5) is 0.114.